The molecule has 4 rings (SSSR count). The van der Waals surface area contributed by atoms with E-state index in [2.05, 4.69) is 56.6 Å². The zero-order chi connectivity index (χ0) is 20.8. The third kappa shape index (κ3) is 4.83. The summed E-state index contributed by atoms with van der Waals surface area (Å²) in [6.07, 6.45) is 1.17. The Hall–Kier alpha value is -2.41. The predicted octanol–water partition coefficient (Wildman–Crippen LogP) is 3.37. The minimum Gasteiger partial charge on any atom is -0.495 e. The number of thiophene rings is 1. The summed E-state index contributed by atoms with van der Waals surface area (Å²) < 4.78 is 5.55. The Balaban J connectivity index is 1.33. The van der Waals surface area contributed by atoms with Gasteiger partial charge in [-0.05, 0) is 48.9 Å². The van der Waals surface area contributed by atoms with Gasteiger partial charge in [0.15, 0.2) is 5.96 Å². The van der Waals surface area contributed by atoms with Crippen LogP contribution in [0, 0.1) is 5.92 Å². The second-order valence-corrected chi connectivity index (χ2v) is 8.82. The van der Waals surface area contributed by atoms with Gasteiger partial charge >= 0.3 is 0 Å². The van der Waals surface area contributed by atoms with Crippen molar-refractivity contribution in [2.45, 2.75) is 13.3 Å². The monoisotopic (exact) mass is 427 g/mol. The molecule has 2 fully saturated rings. The van der Waals surface area contributed by atoms with Crippen LogP contribution in [0.1, 0.15) is 13.3 Å². The molecule has 6 nitrogen and oxygen atoms in total. The fourth-order valence-corrected chi connectivity index (χ4v) is 5.11. The van der Waals surface area contributed by atoms with E-state index in [4.69, 9.17) is 9.73 Å². The van der Waals surface area contributed by atoms with Crippen LogP contribution in [0.3, 0.4) is 0 Å². The first kappa shape index (κ1) is 20.8. The first-order valence-corrected chi connectivity index (χ1v) is 11.9. The van der Waals surface area contributed by atoms with Crippen molar-refractivity contribution < 1.29 is 4.74 Å². The number of ether oxygens (including phenoxy) is 1. The van der Waals surface area contributed by atoms with Crippen LogP contribution in [-0.4, -0.2) is 70.3 Å². The molecule has 0 radical (unpaired) electrons. The van der Waals surface area contributed by atoms with Gasteiger partial charge in [-0.25, -0.2) is 0 Å². The Labute approximate surface area is 184 Å². The molecule has 1 N–H and O–H groups in total. The van der Waals surface area contributed by atoms with Gasteiger partial charge in [-0.2, -0.15) is 0 Å². The van der Waals surface area contributed by atoms with E-state index >= 15 is 0 Å². The summed E-state index contributed by atoms with van der Waals surface area (Å²) in [7, 11) is 1.75. The number of rotatable bonds is 6. The van der Waals surface area contributed by atoms with Gasteiger partial charge in [-0.1, -0.05) is 12.1 Å². The first-order valence-electron chi connectivity index (χ1n) is 11.0. The number of nitrogens with zero attached hydrogens (tertiary/aromatic N) is 4. The van der Waals surface area contributed by atoms with Crippen molar-refractivity contribution in [1.82, 2.24) is 10.2 Å². The summed E-state index contributed by atoms with van der Waals surface area (Å²) in [5, 5.41) is 7.04. The van der Waals surface area contributed by atoms with Crippen LogP contribution in [0.2, 0.25) is 0 Å². The lowest BCUT2D eigenvalue weighted by molar-refractivity contribution is 0.372. The average Bonchev–Trinajstić information content (AvgIpc) is 3.49. The molecule has 2 aliphatic heterocycles. The molecule has 7 heteroatoms. The molecule has 162 valence electrons. The van der Waals surface area contributed by atoms with Gasteiger partial charge in [-0.15, -0.1) is 11.3 Å². The largest absolute Gasteiger partial charge is 0.495 e. The minimum atomic E-state index is 0.580. The number of para-hydroxylation sites is 2. The van der Waals surface area contributed by atoms with Crippen molar-refractivity contribution in [3.05, 3.63) is 41.8 Å². The summed E-state index contributed by atoms with van der Waals surface area (Å²) in [6.45, 7) is 10.2. The number of piperazine rings is 1. The van der Waals surface area contributed by atoms with Crippen LogP contribution in [0.25, 0.3) is 0 Å². The molecular weight excluding hydrogens is 394 g/mol. The van der Waals surface area contributed by atoms with E-state index in [1.807, 2.05) is 23.5 Å². The molecule has 2 saturated heterocycles. The number of anilines is 2. The molecule has 2 aliphatic rings. The van der Waals surface area contributed by atoms with Gasteiger partial charge in [0.05, 0.1) is 17.8 Å². The number of guanidine groups is 1. The maximum atomic E-state index is 5.55. The highest BCUT2D eigenvalue weighted by Gasteiger charge is 2.25. The quantitative estimate of drug-likeness (QED) is 0.566. The number of hydrogen-bond acceptors (Lipinski definition) is 5. The van der Waals surface area contributed by atoms with Crippen LogP contribution in [0.5, 0.6) is 5.75 Å². The van der Waals surface area contributed by atoms with Crippen LogP contribution < -0.4 is 19.9 Å². The molecular formula is C23H33N5OS. The molecule has 3 heterocycles. The molecule has 0 aliphatic carbocycles. The zero-order valence-corrected chi connectivity index (χ0v) is 18.9. The highest BCUT2D eigenvalue weighted by atomic mass is 32.1. The van der Waals surface area contributed by atoms with Crippen molar-refractivity contribution in [2.24, 2.45) is 10.9 Å². The van der Waals surface area contributed by atoms with E-state index in [0.717, 1.165) is 64.1 Å². The zero-order valence-electron chi connectivity index (χ0n) is 18.1. The summed E-state index contributed by atoms with van der Waals surface area (Å²) in [4.78, 5) is 12.4. The Morgan fingerprint density at radius 3 is 2.67 bits per heavy atom. The van der Waals surface area contributed by atoms with Gasteiger partial charge in [0.2, 0.25) is 0 Å². The molecule has 0 bridgehead atoms. The van der Waals surface area contributed by atoms with Gasteiger partial charge < -0.3 is 24.8 Å². The topological polar surface area (TPSA) is 43.3 Å². The molecule has 2 aromatic rings. The van der Waals surface area contributed by atoms with Crippen molar-refractivity contribution >= 4 is 28.0 Å². The molecule has 1 unspecified atom stereocenters. The molecule has 1 aromatic heterocycles. The highest BCUT2D eigenvalue weighted by Crippen LogP contribution is 2.32. The Morgan fingerprint density at radius 1 is 1.10 bits per heavy atom. The lowest BCUT2D eigenvalue weighted by Crippen LogP contribution is -2.52. The third-order valence-corrected chi connectivity index (χ3v) is 6.87. The van der Waals surface area contributed by atoms with E-state index in [1.54, 1.807) is 7.11 Å². The predicted molar refractivity (Wildman–Crippen MR) is 127 cm³/mol. The molecule has 0 spiro atoms. The van der Waals surface area contributed by atoms with Crippen molar-refractivity contribution in [3.8, 4) is 5.75 Å². The van der Waals surface area contributed by atoms with Crippen LogP contribution >= 0.6 is 11.3 Å². The average molecular weight is 428 g/mol. The summed E-state index contributed by atoms with van der Waals surface area (Å²) >= 11 is 1.83. The molecule has 30 heavy (non-hydrogen) atoms. The molecule has 1 atom stereocenters. The number of benzene rings is 1. The van der Waals surface area contributed by atoms with Crippen LogP contribution in [0.4, 0.5) is 10.7 Å². The Kier molecular flexibility index (Phi) is 7.00. The van der Waals surface area contributed by atoms with Gasteiger partial charge in [0.1, 0.15) is 5.75 Å². The first-order chi connectivity index (χ1) is 14.8. The highest BCUT2D eigenvalue weighted by molar-refractivity contribution is 7.14. The van der Waals surface area contributed by atoms with Crippen molar-refractivity contribution in [3.63, 3.8) is 0 Å². The van der Waals surface area contributed by atoms with Crippen LogP contribution in [0.15, 0.2) is 46.8 Å². The standard InChI is InChI=1S/C23H33N5OS/c1-3-24-23(27-14-12-26(13-15-27)22-9-6-16-30-22)25-17-19-10-11-28(18-19)20-7-4-5-8-21(20)29-2/h4-9,16,19H,3,10-15,17-18H2,1-2H3,(H,24,25). The Morgan fingerprint density at radius 2 is 1.93 bits per heavy atom. The maximum Gasteiger partial charge on any atom is 0.194 e. The van der Waals surface area contributed by atoms with E-state index < -0.39 is 0 Å². The van der Waals surface area contributed by atoms with Gasteiger partial charge in [0.25, 0.3) is 0 Å². The molecule has 0 saturated carbocycles. The fourth-order valence-electron chi connectivity index (χ4n) is 4.32. The smallest absolute Gasteiger partial charge is 0.194 e. The van der Waals surface area contributed by atoms with Gasteiger partial charge in [0, 0.05) is 52.4 Å². The number of nitrogens with one attached hydrogen (secondary N) is 1. The van der Waals surface area contributed by atoms with E-state index in [0.29, 0.717) is 5.92 Å². The van der Waals surface area contributed by atoms with E-state index in [1.165, 1.54) is 17.1 Å². The lowest BCUT2D eigenvalue weighted by Gasteiger charge is -2.37. The van der Waals surface area contributed by atoms with Crippen molar-refractivity contribution in [2.75, 3.05) is 69.3 Å². The minimum absolute atomic E-state index is 0.580. The molecule has 1 aromatic carbocycles. The third-order valence-electron chi connectivity index (χ3n) is 5.94. The maximum absolute atomic E-state index is 5.55. The summed E-state index contributed by atoms with van der Waals surface area (Å²) in [6, 6.07) is 12.7. The number of aliphatic imine (C=N–C) groups is 1. The lowest BCUT2D eigenvalue weighted by atomic mass is 10.1. The number of hydrogen-bond donors (Lipinski definition) is 1. The van der Waals surface area contributed by atoms with Gasteiger partial charge in [-0.3, -0.25) is 4.99 Å². The fraction of sp³-hybridized carbons (Fsp3) is 0.522. The Bertz CT molecular complexity index is 817. The normalized spacial score (nSPS) is 20.0. The van der Waals surface area contributed by atoms with E-state index in [-0.39, 0.29) is 0 Å². The number of methoxy groups -OCH3 is 1. The van der Waals surface area contributed by atoms with E-state index in [9.17, 15) is 0 Å². The summed E-state index contributed by atoms with van der Waals surface area (Å²) in [5.41, 5.74) is 1.20. The SMILES string of the molecule is CCNC(=NCC1CCN(c2ccccc2OC)C1)N1CCN(c2cccs2)CC1. The second-order valence-electron chi connectivity index (χ2n) is 7.89. The van der Waals surface area contributed by atoms with Crippen LogP contribution in [-0.2, 0) is 0 Å². The second kappa shape index (κ2) is 10.1. The summed E-state index contributed by atoms with van der Waals surface area (Å²) in [5.74, 6) is 2.61. The van der Waals surface area contributed by atoms with Crippen molar-refractivity contribution in [1.29, 1.82) is 0 Å². The molecule has 0 amide bonds.